The minimum absolute atomic E-state index is 0.0242. The molecule has 3 unspecified atom stereocenters. The Labute approximate surface area is 151 Å². The number of carbonyl (C=O) groups is 2. The van der Waals surface area contributed by atoms with Crippen LogP contribution < -0.4 is 4.74 Å². The molecule has 1 aromatic carbocycles. The fourth-order valence-electron chi connectivity index (χ4n) is 2.51. The lowest BCUT2D eigenvalue weighted by Gasteiger charge is -2.16. The second kappa shape index (κ2) is 8.64. The minimum atomic E-state index is -1.55. The van der Waals surface area contributed by atoms with Gasteiger partial charge in [-0.1, -0.05) is 18.2 Å². The van der Waals surface area contributed by atoms with Gasteiger partial charge >= 0.3 is 5.97 Å². The first-order chi connectivity index (χ1) is 12.3. The molecule has 0 spiro atoms. The number of aromatic hydroxyl groups is 1. The maximum atomic E-state index is 12.4. The van der Waals surface area contributed by atoms with Gasteiger partial charge in [0.2, 0.25) is 0 Å². The summed E-state index contributed by atoms with van der Waals surface area (Å²) in [5, 5.41) is 30.0. The first-order valence-corrected chi connectivity index (χ1v) is 8.18. The molecule has 1 aliphatic heterocycles. The number of ketones is 1. The number of phenols is 1. The number of rotatable bonds is 1. The summed E-state index contributed by atoms with van der Waals surface area (Å²) in [7, 11) is 1.42. The number of aliphatic hydroxyl groups excluding tert-OH is 2. The standard InChI is InChI=1S/C19H22O7/c1-11-5-3-7-14(20)18(23)15(21)8-4-6-12-9-13(25-2)10-16(22)17(12)19(24)26-11/h3-4,6-7,9-11,15,18,21-23H,5,8H2,1-2H3/b6-4-,7-3-. The van der Waals surface area contributed by atoms with Crippen LogP contribution in [0.4, 0.5) is 0 Å². The third-order valence-corrected chi connectivity index (χ3v) is 3.95. The zero-order chi connectivity index (χ0) is 19.3. The summed E-state index contributed by atoms with van der Waals surface area (Å²) in [5.74, 6) is -1.29. The molecule has 0 saturated heterocycles. The van der Waals surface area contributed by atoms with E-state index in [1.54, 1.807) is 6.92 Å². The molecular weight excluding hydrogens is 340 g/mol. The van der Waals surface area contributed by atoms with Gasteiger partial charge in [0, 0.05) is 12.5 Å². The van der Waals surface area contributed by atoms with Crippen molar-refractivity contribution in [2.45, 2.75) is 38.1 Å². The van der Waals surface area contributed by atoms with E-state index in [9.17, 15) is 24.9 Å². The highest BCUT2D eigenvalue weighted by atomic mass is 16.5. The maximum absolute atomic E-state index is 12.4. The molecule has 0 amide bonds. The average Bonchev–Trinajstić information content (AvgIpc) is 2.59. The molecule has 0 aliphatic carbocycles. The Kier molecular flexibility index (Phi) is 6.54. The summed E-state index contributed by atoms with van der Waals surface area (Å²) >= 11 is 0. The first kappa shape index (κ1) is 19.7. The molecule has 7 heteroatoms. The Morgan fingerprint density at radius 3 is 2.50 bits per heavy atom. The highest BCUT2D eigenvalue weighted by molar-refractivity contribution is 5.97. The number of aliphatic hydroxyl groups is 2. The average molecular weight is 362 g/mol. The van der Waals surface area contributed by atoms with Gasteiger partial charge in [0.05, 0.1) is 13.2 Å². The molecular formula is C19H22O7. The second-order valence-corrected chi connectivity index (χ2v) is 6.02. The van der Waals surface area contributed by atoms with E-state index in [1.807, 2.05) is 0 Å². The highest BCUT2D eigenvalue weighted by Gasteiger charge is 2.23. The van der Waals surface area contributed by atoms with E-state index in [0.29, 0.717) is 11.3 Å². The summed E-state index contributed by atoms with van der Waals surface area (Å²) in [6.45, 7) is 1.64. The van der Waals surface area contributed by atoms with Crippen LogP contribution in [-0.2, 0) is 9.53 Å². The number of carbonyl (C=O) groups excluding carboxylic acids is 2. The molecule has 0 aromatic heterocycles. The number of methoxy groups -OCH3 is 1. The monoisotopic (exact) mass is 362 g/mol. The quantitative estimate of drug-likeness (QED) is 0.650. The van der Waals surface area contributed by atoms with E-state index in [4.69, 9.17) is 9.47 Å². The van der Waals surface area contributed by atoms with Crippen LogP contribution in [0.15, 0.2) is 30.4 Å². The number of benzene rings is 1. The Bertz CT molecular complexity index is 736. The molecule has 7 nitrogen and oxygen atoms in total. The molecule has 3 N–H and O–H groups in total. The maximum Gasteiger partial charge on any atom is 0.342 e. The van der Waals surface area contributed by atoms with Crippen LogP contribution in [0, 0.1) is 0 Å². The summed E-state index contributed by atoms with van der Waals surface area (Å²) in [4.78, 5) is 24.3. The number of hydrogen-bond donors (Lipinski definition) is 3. The highest BCUT2D eigenvalue weighted by Crippen LogP contribution is 2.30. The van der Waals surface area contributed by atoms with Gasteiger partial charge in [0.15, 0.2) is 5.78 Å². The fraction of sp³-hybridized carbons (Fsp3) is 0.368. The predicted octanol–water partition coefficient (Wildman–Crippen LogP) is 1.60. The third-order valence-electron chi connectivity index (χ3n) is 3.95. The number of hydrogen-bond acceptors (Lipinski definition) is 7. The van der Waals surface area contributed by atoms with Gasteiger partial charge in [-0.25, -0.2) is 4.79 Å². The van der Waals surface area contributed by atoms with E-state index < -0.39 is 30.1 Å². The van der Waals surface area contributed by atoms with Crippen molar-refractivity contribution in [2.24, 2.45) is 0 Å². The smallest absolute Gasteiger partial charge is 0.342 e. The van der Waals surface area contributed by atoms with Crippen molar-refractivity contribution in [3.63, 3.8) is 0 Å². The SMILES string of the molecule is COc1cc(O)c2c(c1)/C=C\CC(O)C(O)C(=O)/C=C\CC(C)OC2=O. The molecule has 0 saturated carbocycles. The van der Waals surface area contributed by atoms with Crippen LogP contribution in [0.5, 0.6) is 11.5 Å². The van der Waals surface area contributed by atoms with Crippen molar-refractivity contribution in [2.75, 3.05) is 7.11 Å². The summed E-state index contributed by atoms with van der Waals surface area (Å²) < 4.78 is 10.4. The van der Waals surface area contributed by atoms with Gasteiger partial charge in [0.1, 0.15) is 29.3 Å². The molecule has 0 fully saturated rings. The molecule has 1 aliphatic rings. The van der Waals surface area contributed by atoms with E-state index in [1.165, 1.54) is 37.5 Å². The Hall–Kier alpha value is -2.64. The fourth-order valence-corrected chi connectivity index (χ4v) is 2.51. The third kappa shape index (κ3) is 4.71. The van der Waals surface area contributed by atoms with Crippen molar-refractivity contribution in [1.29, 1.82) is 0 Å². The van der Waals surface area contributed by atoms with Crippen LogP contribution >= 0.6 is 0 Å². The van der Waals surface area contributed by atoms with Crippen LogP contribution in [0.3, 0.4) is 0 Å². The van der Waals surface area contributed by atoms with Gasteiger partial charge in [-0.2, -0.15) is 0 Å². The Morgan fingerprint density at radius 2 is 1.81 bits per heavy atom. The normalized spacial score (nSPS) is 27.0. The molecule has 0 bridgehead atoms. The van der Waals surface area contributed by atoms with Crippen molar-refractivity contribution < 1.29 is 34.4 Å². The largest absolute Gasteiger partial charge is 0.507 e. The number of ether oxygens (including phenoxy) is 2. The zero-order valence-corrected chi connectivity index (χ0v) is 14.6. The van der Waals surface area contributed by atoms with Crippen LogP contribution in [0.2, 0.25) is 0 Å². The van der Waals surface area contributed by atoms with E-state index in [2.05, 4.69) is 0 Å². The number of fused-ring (bicyclic) bond motifs is 1. The lowest BCUT2D eigenvalue weighted by atomic mass is 10.0. The summed E-state index contributed by atoms with van der Waals surface area (Å²) in [5.41, 5.74) is 0.306. The molecule has 2 rings (SSSR count). The van der Waals surface area contributed by atoms with E-state index in [-0.39, 0.29) is 24.2 Å². The first-order valence-electron chi connectivity index (χ1n) is 8.18. The van der Waals surface area contributed by atoms with Gasteiger partial charge < -0.3 is 24.8 Å². The van der Waals surface area contributed by atoms with Crippen LogP contribution in [0.1, 0.15) is 35.7 Å². The Balaban J connectivity index is 2.45. The molecule has 1 aromatic rings. The van der Waals surface area contributed by atoms with E-state index >= 15 is 0 Å². The van der Waals surface area contributed by atoms with Crippen molar-refractivity contribution in [1.82, 2.24) is 0 Å². The zero-order valence-electron chi connectivity index (χ0n) is 14.6. The van der Waals surface area contributed by atoms with Crippen molar-refractivity contribution >= 4 is 17.8 Å². The number of esters is 1. The predicted molar refractivity (Wildman–Crippen MR) is 94.0 cm³/mol. The van der Waals surface area contributed by atoms with Crippen LogP contribution in [0.25, 0.3) is 6.08 Å². The lowest BCUT2D eigenvalue weighted by Crippen LogP contribution is -2.32. The van der Waals surface area contributed by atoms with Gasteiger partial charge in [-0.15, -0.1) is 0 Å². The lowest BCUT2D eigenvalue weighted by molar-refractivity contribution is -0.127. The molecule has 3 atom stereocenters. The molecule has 26 heavy (non-hydrogen) atoms. The molecule has 140 valence electrons. The van der Waals surface area contributed by atoms with Crippen molar-refractivity contribution in [3.05, 3.63) is 41.5 Å². The number of phenolic OH excluding ortho intramolecular Hbond substituents is 1. The second-order valence-electron chi connectivity index (χ2n) is 6.02. The van der Waals surface area contributed by atoms with Gasteiger partial charge in [0.25, 0.3) is 0 Å². The Morgan fingerprint density at radius 1 is 1.12 bits per heavy atom. The molecule has 0 radical (unpaired) electrons. The van der Waals surface area contributed by atoms with E-state index in [0.717, 1.165) is 6.08 Å². The van der Waals surface area contributed by atoms with Crippen molar-refractivity contribution in [3.8, 4) is 11.5 Å². The summed E-state index contributed by atoms with van der Waals surface area (Å²) in [6.07, 6.45) is 2.42. The van der Waals surface area contributed by atoms with Gasteiger partial charge in [-0.05, 0) is 31.1 Å². The molecule has 1 heterocycles. The summed E-state index contributed by atoms with van der Waals surface area (Å²) in [6, 6.07) is 2.84. The number of cyclic esters (lactones) is 1. The minimum Gasteiger partial charge on any atom is -0.507 e. The van der Waals surface area contributed by atoms with Crippen LogP contribution in [-0.4, -0.2) is 52.5 Å². The van der Waals surface area contributed by atoms with Gasteiger partial charge in [-0.3, -0.25) is 4.79 Å². The topological polar surface area (TPSA) is 113 Å².